The van der Waals surface area contributed by atoms with E-state index in [-0.39, 0.29) is 5.91 Å². The van der Waals surface area contributed by atoms with Gasteiger partial charge in [0.25, 0.3) is 0 Å². The fourth-order valence-electron chi connectivity index (χ4n) is 2.61. The van der Waals surface area contributed by atoms with Gasteiger partial charge < -0.3 is 10.1 Å². The Morgan fingerprint density at radius 2 is 2.08 bits per heavy atom. The summed E-state index contributed by atoms with van der Waals surface area (Å²) in [5.74, 6) is 0.812. The van der Waals surface area contributed by atoms with Crippen LogP contribution in [0.4, 0.5) is 5.69 Å². The lowest BCUT2D eigenvalue weighted by atomic mass is 10.1. The Kier molecular flexibility index (Phi) is 5.98. The van der Waals surface area contributed by atoms with Crippen LogP contribution in [-0.2, 0) is 11.3 Å². The Morgan fingerprint density at radius 1 is 1.19 bits per heavy atom. The molecule has 0 unspecified atom stereocenters. The van der Waals surface area contributed by atoms with Gasteiger partial charge in [0.15, 0.2) is 0 Å². The van der Waals surface area contributed by atoms with Crippen molar-refractivity contribution >= 4 is 11.6 Å². The molecule has 0 fully saturated rings. The van der Waals surface area contributed by atoms with Crippen molar-refractivity contribution in [1.29, 1.82) is 0 Å². The molecule has 0 radical (unpaired) electrons. The monoisotopic (exact) mass is 350 g/mol. The van der Waals surface area contributed by atoms with E-state index in [4.69, 9.17) is 4.74 Å². The van der Waals surface area contributed by atoms with Crippen LogP contribution in [0.25, 0.3) is 0 Å². The van der Waals surface area contributed by atoms with Crippen LogP contribution in [-0.4, -0.2) is 27.3 Å². The van der Waals surface area contributed by atoms with Crippen molar-refractivity contribution < 1.29 is 9.53 Å². The van der Waals surface area contributed by atoms with Crippen LogP contribution in [0.1, 0.15) is 24.0 Å². The molecule has 0 spiro atoms. The molecule has 0 saturated carbocycles. The number of para-hydroxylation sites is 1. The molecule has 134 valence electrons. The van der Waals surface area contributed by atoms with E-state index in [0.29, 0.717) is 26.0 Å². The normalized spacial score (nSPS) is 10.5. The van der Waals surface area contributed by atoms with Crippen molar-refractivity contribution in [3.63, 3.8) is 0 Å². The number of nitrogens with one attached hydrogen (secondary N) is 1. The second-order valence-corrected chi connectivity index (χ2v) is 6.07. The Balaban J connectivity index is 1.47. The van der Waals surface area contributed by atoms with Crippen LogP contribution in [0, 0.1) is 6.92 Å². The molecule has 1 aromatic heterocycles. The Bertz CT molecular complexity index is 847. The molecule has 0 bridgehead atoms. The van der Waals surface area contributed by atoms with Gasteiger partial charge in [-0.3, -0.25) is 4.79 Å². The number of benzene rings is 2. The van der Waals surface area contributed by atoms with E-state index < -0.39 is 0 Å². The minimum atomic E-state index is -0.0242. The van der Waals surface area contributed by atoms with Crippen LogP contribution in [0.5, 0.6) is 5.75 Å². The summed E-state index contributed by atoms with van der Waals surface area (Å²) in [5.41, 5.74) is 2.94. The smallest absolute Gasteiger partial charge is 0.224 e. The molecular formula is C20H22N4O2. The van der Waals surface area contributed by atoms with Crippen LogP contribution >= 0.6 is 0 Å². The molecule has 6 heteroatoms. The summed E-state index contributed by atoms with van der Waals surface area (Å²) in [6.45, 7) is 3.10. The van der Waals surface area contributed by atoms with E-state index in [1.807, 2.05) is 55.5 Å². The number of carbonyl (C=O) groups excluding carboxylic acids is 1. The van der Waals surface area contributed by atoms with Gasteiger partial charge in [-0.15, -0.1) is 0 Å². The number of hydrogen-bond acceptors (Lipinski definition) is 4. The third kappa shape index (κ3) is 5.17. The molecule has 3 rings (SSSR count). The van der Waals surface area contributed by atoms with E-state index in [1.54, 1.807) is 11.0 Å². The highest BCUT2D eigenvalue weighted by molar-refractivity contribution is 5.91. The molecule has 1 amide bonds. The molecular weight excluding hydrogens is 328 g/mol. The maximum Gasteiger partial charge on any atom is 0.224 e. The minimum absolute atomic E-state index is 0.0242. The van der Waals surface area contributed by atoms with E-state index in [0.717, 1.165) is 22.6 Å². The first-order valence-electron chi connectivity index (χ1n) is 8.60. The lowest BCUT2D eigenvalue weighted by Gasteiger charge is -2.11. The molecule has 6 nitrogen and oxygen atoms in total. The van der Waals surface area contributed by atoms with Gasteiger partial charge in [-0.2, -0.15) is 5.10 Å². The van der Waals surface area contributed by atoms with E-state index in [9.17, 15) is 4.79 Å². The first kappa shape index (κ1) is 17.7. The number of anilines is 1. The van der Waals surface area contributed by atoms with Gasteiger partial charge >= 0.3 is 0 Å². The van der Waals surface area contributed by atoms with Crippen molar-refractivity contribution in [2.45, 2.75) is 26.3 Å². The fraction of sp³-hybridized carbons (Fsp3) is 0.250. The third-order valence-electron chi connectivity index (χ3n) is 3.90. The number of amides is 1. The highest BCUT2D eigenvalue weighted by atomic mass is 16.5. The van der Waals surface area contributed by atoms with E-state index in [2.05, 4.69) is 15.4 Å². The SMILES string of the molecule is Cc1cccc(OCCCC(=O)Nc2ccccc2Cn2cncn2)c1. The summed E-state index contributed by atoms with van der Waals surface area (Å²) < 4.78 is 7.41. The van der Waals surface area contributed by atoms with Crippen molar-refractivity contribution in [2.24, 2.45) is 0 Å². The maximum absolute atomic E-state index is 12.2. The minimum Gasteiger partial charge on any atom is -0.494 e. The summed E-state index contributed by atoms with van der Waals surface area (Å²) in [6.07, 6.45) is 4.21. The van der Waals surface area contributed by atoms with Gasteiger partial charge in [-0.05, 0) is 42.7 Å². The number of hydrogen-bond donors (Lipinski definition) is 1. The summed E-state index contributed by atoms with van der Waals surface area (Å²) in [4.78, 5) is 16.2. The quantitative estimate of drug-likeness (QED) is 0.632. The standard InChI is InChI=1S/C20H22N4O2/c1-16-6-4-8-18(12-16)26-11-5-10-20(25)23-19-9-3-2-7-17(19)13-24-15-21-14-22-24/h2-4,6-9,12,14-15H,5,10-11,13H2,1H3,(H,23,25). The predicted molar refractivity (Wildman–Crippen MR) is 100 cm³/mol. The molecule has 2 aromatic carbocycles. The Morgan fingerprint density at radius 3 is 2.88 bits per heavy atom. The van der Waals surface area contributed by atoms with Crippen molar-refractivity contribution in [3.05, 3.63) is 72.3 Å². The average Bonchev–Trinajstić information content (AvgIpc) is 3.14. The van der Waals surface area contributed by atoms with Crippen molar-refractivity contribution in [3.8, 4) is 5.75 Å². The van der Waals surface area contributed by atoms with Gasteiger partial charge in [0.2, 0.25) is 5.91 Å². The van der Waals surface area contributed by atoms with Crippen LogP contribution in [0.3, 0.4) is 0 Å². The predicted octanol–water partition coefficient (Wildman–Crippen LogP) is 3.43. The summed E-state index contributed by atoms with van der Waals surface area (Å²) in [7, 11) is 0. The number of aryl methyl sites for hydroxylation is 1. The van der Waals surface area contributed by atoms with Crippen LogP contribution in [0.2, 0.25) is 0 Å². The zero-order valence-electron chi connectivity index (χ0n) is 14.8. The Labute approximate surface area is 152 Å². The lowest BCUT2D eigenvalue weighted by Crippen LogP contribution is -2.15. The summed E-state index contributed by atoms with van der Waals surface area (Å²) >= 11 is 0. The number of nitrogens with zero attached hydrogens (tertiary/aromatic N) is 3. The molecule has 0 aliphatic rings. The first-order chi connectivity index (χ1) is 12.7. The maximum atomic E-state index is 12.2. The van der Waals surface area contributed by atoms with Crippen molar-refractivity contribution in [1.82, 2.24) is 14.8 Å². The van der Waals surface area contributed by atoms with Gasteiger partial charge in [0, 0.05) is 12.1 Å². The lowest BCUT2D eigenvalue weighted by molar-refractivity contribution is -0.116. The van der Waals surface area contributed by atoms with Gasteiger partial charge in [0.1, 0.15) is 18.4 Å². The van der Waals surface area contributed by atoms with E-state index in [1.165, 1.54) is 6.33 Å². The molecule has 0 aliphatic carbocycles. The second-order valence-electron chi connectivity index (χ2n) is 6.07. The summed E-state index contributed by atoms with van der Waals surface area (Å²) in [6, 6.07) is 15.6. The van der Waals surface area contributed by atoms with Gasteiger partial charge in [-0.1, -0.05) is 30.3 Å². The third-order valence-corrected chi connectivity index (χ3v) is 3.90. The summed E-state index contributed by atoms with van der Waals surface area (Å²) in [5, 5.41) is 7.08. The van der Waals surface area contributed by atoms with Crippen LogP contribution in [0.15, 0.2) is 61.2 Å². The number of carbonyl (C=O) groups is 1. The number of aromatic nitrogens is 3. The fourth-order valence-corrected chi connectivity index (χ4v) is 2.61. The largest absolute Gasteiger partial charge is 0.494 e. The zero-order valence-corrected chi connectivity index (χ0v) is 14.8. The molecule has 1 N–H and O–H groups in total. The second kappa shape index (κ2) is 8.80. The highest BCUT2D eigenvalue weighted by Crippen LogP contribution is 2.17. The molecule has 1 heterocycles. The highest BCUT2D eigenvalue weighted by Gasteiger charge is 2.07. The molecule has 0 aliphatic heterocycles. The molecule has 0 saturated heterocycles. The molecule has 26 heavy (non-hydrogen) atoms. The average molecular weight is 350 g/mol. The number of ether oxygens (including phenoxy) is 1. The van der Waals surface area contributed by atoms with Crippen LogP contribution < -0.4 is 10.1 Å². The zero-order chi connectivity index (χ0) is 18.2. The molecule has 0 atom stereocenters. The van der Waals surface area contributed by atoms with Crippen molar-refractivity contribution in [2.75, 3.05) is 11.9 Å². The van der Waals surface area contributed by atoms with Gasteiger partial charge in [0.05, 0.1) is 13.2 Å². The number of rotatable bonds is 8. The van der Waals surface area contributed by atoms with E-state index >= 15 is 0 Å². The topological polar surface area (TPSA) is 69.0 Å². The first-order valence-corrected chi connectivity index (χ1v) is 8.60. The molecule has 3 aromatic rings. The Hall–Kier alpha value is -3.15. The van der Waals surface area contributed by atoms with Gasteiger partial charge in [-0.25, -0.2) is 9.67 Å².